The third-order valence-corrected chi connectivity index (χ3v) is 10.9. The Hall–Kier alpha value is -3.23. The van der Waals surface area contributed by atoms with E-state index in [1.165, 1.54) is 20.8 Å². The highest BCUT2D eigenvalue weighted by molar-refractivity contribution is 6.23. The molecule has 0 amide bonds. The molecule has 266 valence electrons. The largest absolute Gasteiger partial charge is 0.462 e. The van der Waals surface area contributed by atoms with Gasteiger partial charge in [-0.3, -0.25) is 28.8 Å². The fraction of sp³-hybridized carbons (Fsp3) is 0.758. The summed E-state index contributed by atoms with van der Waals surface area (Å²) in [6, 6.07) is 0. The second-order valence-corrected chi connectivity index (χ2v) is 14.5. The van der Waals surface area contributed by atoms with E-state index in [9.17, 15) is 28.8 Å². The maximum Gasteiger partial charge on any atom is 0.312 e. The molecule has 13 atom stereocenters. The summed E-state index contributed by atoms with van der Waals surface area (Å²) in [5.41, 5.74) is -4.81. The quantitative estimate of drug-likeness (QED) is 0.124. The summed E-state index contributed by atoms with van der Waals surface area (Å²) in [6.07, 6.45) is -9.39. The summed E-state index contributed by atoms with van der Waals surface area (Å²) in [6.45, 7) is 15.6. The first-order valence-corrected chi connectivity index (χ1v) is 16.5. The fourth-order valence-corrected chi connectivity index (χ4v) is 8.81. The van der Waals surface area contributed by atoms with Gasteiger partial charge in [-0.25, -0.2) is 0 Å². The van der Waals surface area contributed by atoms with Crippen molar-refractivity contribution in [3.05, 3.63) is 12.2 Å². The zero-order valence-electron chi connectivity index (χ0n) is 28.3. The van der Waals surface area contributed by atoms with Gasteiger partial charge in [0.25, 0.3) is 0 Å². The van der Waals surface area contributed by atoms with Crippen LogP contribution in [0.2, 0.25) is 0 Å². The van der Waals surface area contributed by atoms with Gasteiger partial charge in [0.15, 0.2) is 23.9 Å². The van der Waals surface area contributed by atoms with E-state index >= 15 is 0 Å². The lowest BCUT2D eigenvalue weighted by Crippen LogP contribution is -2.78. The Labute approximate surface area is 283 Å². The van der Waals surface area contributed by atoms with E-state index in [0.29, 0.717) is 0 Å². The van der Waals surface area contributed by atoms with Crippen LogP contribution in [0.15, 0.2) is 12.2 Å². The summed E-state index contributed by atoms with van der Waals surface area (Å²) >= 11 is 7.00. The van der Waals surface area contributed by atoms with Crippen molar-refractivity contribution >= 4 is 47.4 Å². The SMILES string of the molecule is C=C1[C@H]2O[C@]3([C@@H](C)C(=O)O[C@H]3[C@H]1Cl)[C@@H](OC(C)=O)[C@H]1[C@@]3(CO3)[C@H](OC(=O)CC(C)C)C[C@H](OC(C)=O)[C@]1(C)[C@@H](OC(C)=O)[C@@H]2OC(C)=O. The molecule has 5 fully saturated rings. The molecule has 0 aromatic carbocycles. The van der Waals surface area contributed by atoms with Crippen LogP contribution in [0.5, 0.6) is 0 Å². The van der Waals surface area contributed by atoms with Crippen LogP contribution >= 0.6 is 11.6 Å². The van der Waals surface area contributed by atoms with Crippen LogP contribution in [0, 0.1) is 23.2 Å². The van der Waals surface area contributed by atoms with Gasteiger partial charge >= 0.3 is 35.8 Å². The monoisotopic (exact) mass is 698 g/mol. The highest BCUT2D eigenvalue weighted by Crippen LogP contribution is 2.66. The zero-order chi connectivity index (χ0) is 35.7. The topological polar surface area (TPSA) is 180 Å². The molecule has 0 aromatic rings. The van der Waals surface area contributed by atoms with Gasteiger partial charge in [-0.05, 0) is 18.4 Å². The molecular weight excluding hydrogens is 656 g/mol. The lowest BCUT2D eigenvalue weighted by molar-refractivity contribution is -0.315. The second-order valence-electron chi connectivity index (χ2n) is 14.1. The van der Waals surface area contributed by atoms with E-state index < -0.39 is 112 Å². The van der Waals surface area contributed by atoms with Crippen LogP contribution in [0.1, 0.15) is 68.2 Å². The van der Waals surface area contributed by atoms with Gasteiger partial charge in [0.1, 0.15) is 30.0 Å². The average Bonchev–Trinajstić information content (AvgIpc) is 3.70. The Morgan fingerprint density at radius 1 is 0.917 bits per heavy atom. The summed E-state index contributed by atoms with van der Waals surface area (Å²) < 4.78 is 49.0. The van der Waals surface area contributed by atoms with Crippen molar-refractivity contribution in [3.8, 4) is 0 Å². The van der Waals surface area contributed by atoms with Gasteiger partial charge in [-0.2, -0.15) is 0 Å². The first-order chi connectivity index (χ1) is 22.3. The molecule has 2 bridgehead atoms. The minimum Gasteiger partial charge on any atom is -0.462 e. The molecule has 15 heteroatoms. The van der Waals surface area contributed by atoms with Crippen molar-refractivity contribution in [3.63, 3.8) is 0 Å². The number of fused-ring (bicyclic) bond motifs is 3. The van der Waals surface area contributed by atoms with Crippen LogP contribution in [-0.4, -0.2) is 102 Å². The fourth-order valence-electron chi connectivity index (χ4n) is 8.44. The van der Waals surface area contributed by atoms with E-state index in [2.05, 4.69) is 6.58 Å². The molecule has 4 saturated heterocycles. The highest BCUT2D eigenvalue weighted by Gasteiger charge is 2.82. The normalized spacial score (nSPS) is 42.7. The van der Waals surface area contributed by atoms with Crippen LogP contribution in [0.3, 0.4) is 0 Å². The molecule has 0 N–H and O–H groups in total. The number of rotatable bonds is 7. The Kier molecular flexibility index (Phi) is 9.45. The number of alkyl halides is 1. The van der Waals surface area contributed by atoms with Crippen LogP contribution in [0.25, 0.3) is 0 Å². The van der Waals surface area contributed by atoms with Crippen LogP contribution in [0.4, 0.5) is 0 Å². The van der Waals surface area contributed by atoms with Crippen molar-refractivity contribution < 1.29 is 66.7 Å². The zero-order valence-corrected chi connectivity index (χ0v) is 29.0. The van der Waals surface area contributed by atoms with Gasteiger partial charge in [-0.15, -0.1) is 11.6 Å². The Balaban J connectivity index is 1.86. The first-order valence-electron chi connectivity index (χ1n) is 16.0. The van der Waals surface area contributed by atoms with Gasteiger partial charge in [0, 0.05) is 46.5 Å². The Bertz CT molecular complexity index is 1410. The van der Waals surface area contributed by atoms with Crippen molar-refractivity contribution in [1.29, 1.82) is 0 Å². The van der Waals surface area contributed by atoms with Crippen molar-refractivity contribution in [2.45, 2.75) is 128 Å². The molecule has 5 aliphatic rings. The minimum atomic E-state index is -1.86. The van der Waals surface area contributed by atoms with Crippen molar-refractivity contribution in [2.75, 3.05) is 6.61 Å². The molecule has 4 aliphatic heterocycles. The van der Waals surface area contributed by atoms with E-state index in [1.807, 2.05) is 13.8 Å². The molecule has 5 rings (SSSR count). The van der Waals surface area contributed by atoms with Crippen molar-refractivity contribution in [2.24, 2.45) is 23.2 Å². The average molecular weight is 699 g/mol. The predicted molar refractivity (Wildman–Crippen MR) is 162 cm³/mol. The summed E-state index contributed by atoms with van der Waals surface area (Å²) in [5, 5.41) is -1.15. The van der Waals surface area contributed by atoms with Gasteiger partial charge in [-0.1, -0.05) is 27.4 Å². The number of halogens is 1. The van der Waals surface area contributed by atoms with Gasteiger partial charge in [0.05, 0.1) is 23.3 Å². The molecular formula is C33H43ClO14. The highest BCUT2D eigenvalue weighted by atomic mass is 35.5. The lowest BCUT2D eigenvalue weighted by Gasteiger charge is -2.63. The number of hydrogen-bond acceptors (Lipinski definition) is 14. The molecule has 0 aromatic heterocycles. The molecule has 4 heterocycles. The standard InChI is InChI=1S/C33H43ClO14/c1-13(2)10-22(39)46-21-11-20(42-16(5)35)31(9)26(32(21)12-41-32)29(45-19(8)38)33-15(4)30(40)47-27(33)23(34)14(3)24(48-33)25(43-17(6)36)28(31)44-18(7)37/h13,15,20-21,23-29H,3,10-12H2,1-2,4-9H3/t15-,20-,21+,23-,24+,25+,26+,27-,28-,29-,31-,32+,33-/m0/s1. The number of epoxide rings is 1. The third-order valence-electron chi connectivity index (χ3n) is 10.4. The van der Waals surface area contributed by atoms with Crippen molar-refractivity contribution in [1.82, 2.24) is 0 Å². The number of carbonyl (C=O) groups is 6. The number of ether oxygens (including phenoxy) is 8. The summed E-state index contributed by atoms with van der Waals surface area (Å²) in [4.78, 5) is 78.2. The summed E-state index contributed by atoms with van der Waals surface area (Å²) in [7, 11) is 0. The van der Waals surface area contributed by atoms with Gasteiger partial charge in [0.2, 0.25) is 0 Å². The van der Waals surface area contributed by atoms with Crippen LogP contribution < -0.4 is 0 Å². The smallest absolute Gasteiger partial charge is 0.312 e. The lowest BCUT2D eigenvalue weighted by atomic mass is 9.50. The Morgan fingerprint density at radius 2 is 1.48 bits per heavy atom. The second kappa shape index (κ2) is 12.6. The Morgan fingerprint density at radius 3 is 2.00 bits per heavy atom. The number of carbonyl (C=O) groups excluding carboxylic acids is 6. The van der Waals surface area contributed by atoms with E-state index in [-0.39, 0.29) is 30.9 Å². The number of esters is 6. The van der Waals surface area contributed by atoms with E-state index in [0.717, 1.165) is 13.8 Å². The third kappa shape index (κ3) is 5.67. The van der Waals surface area contributed by atoms with Crippen LogP contribution in [-0.2, 0) is 66.7 Å². The van der Waals surface area contributed by atoms with Gasteiger partial charge < -0.3 is 37.9 Å². The maximum absolute atomic E-state index is 13.5. The molecule has 1 saturated carbocycles. The van der Waals surface area contributed by atoms with E-state index in [4.69, 9.17) is 49.5 Å². The molecule has 48 heavy (non-hydrogen) atoms. The molecule has 14 nitrogen and oxygen atoms in total. The molecule has 1 aliphatic carbocycles. The number of hydrogen-bond donors (Lipinski definition) is 0. The summed E-state index contributed by atoms with van der Waals surface area (Å²) in [5.74, 6) is -6.74. The molecule has 2 spiro atoms. The predicted octanol–water partition coefficient (Wildman–Crippen LogP) is 2.34. The molecule has 0 radical (unpaired) electrons. The maximum atomic E-state index is 13.5. The minimum absolute atomic E-state index is 0.0349. The first kappa shape index (κ1) is 36.1. The molecule has 0 unspecified atom stereocenters. The van der Waals surface area contributed by atoms with E-state index in [1.54, 1.807) is 6.92 Å².